The molecule has 2 atom stereocenters. The summed E-state index contributed by atoms with van der Waals surface area (Å²) in [5, 5.41) is 10.5. The van der Waals surface area contributed by atoms with E-state index in [0.717, 1.165) is 36.8 Å². The van der Waals surface area contributed by atoms with Crippen LogP contribution in [0.1, 0.15) is 56.1 Å². The summed E-state index contributed by atoms with van der Waals surface area (Å²) in [5.41, 5.74) is 2.09. The van der Waals surface area contributed by atoms with Crippen molar-refractivity contribution in [2.75, 3.05) is 13.7 Å². The molecular formula is C29H38N2O6S. The molecule has 2 N–H and O–H groups in total. The molecule has 0 unspecified atom stereocenters. The molecule has 8 nitrogen and oxygen atoms in total. The Kier molecular flexibility index (Phi) is 11.5. The fraction of sp³-hybridized carbons (Fsp3) is 0.448. The Labute approximate surface area is 225 Å². The van der Waals surface area contributed by atoms with E-state index in [0.29, 0.717) is 32.4 Å². The highest BCUT2D eigenvalue weighted by Crippen LogP contribution is 2.21. The second kappa shape index (κ2) is 14.8. The molecule has 0 aromatic heterocycles. The van der Waals surface area contributed by atoms with Crippen LogP contribution in [0.2, 0.25) is 0 Å². The number of benzene rings is 2. The molecule has 38 heavy (non-hydrogen) atoms. The van der Waals surface area contributed by atoms with Gasteiger partial charge in [0.2, 0.25) is 11.8 Å². The number of ether oxygens (including phenoxy) is 1. The number of unbranched alkanes of at least 4 members (excludes halogenated alkanes) is 3. The van der Waals surface area contributed by atoms with E-state index in [2.05, 4.69) is 4.72 Å². The Morgan fingerprint density at radius 2 is 1.84 bits per heavy atom. The first-order valence-corrected chi connectivity index (χ1v) is 14.6. The Balaban J connectivity index is 1.36. The summed E-state index contributed by atoms with van der Waals surface area (Å²) in [5.74, 6) is -0.398. The minimum Gasteiger partial charge on any atom is -0.389 e. The maximum Gasteiger partial charge on any atom is 0.264 e. The van der Waals surface area contributed by atoms with E-state index in [-0.39, 0.29) is 23.3 Å². The first kappa shape index (κ1) is 29.5. The van der Waals surface area contributed by atoms with E-state index in [9.17, 15) is 23.1 Å². The van der Waals surface area contributed by atoms with Crippen LogP contribution in [0.3, 0.4) is 0 Å². The standard InChI is InChI=1S/C29H38N2O6S/c1-37-22-24-11-9-10-23(20-24)21-26(32)17-15-25-16-18-29(34)31(25)19-8-3-2-7-14-28(33)30-38(35,36)27-12-5-4-6-13-27/h4-6,9-13,15,17,20,25-26,32H,2-3,7-8,14,16,18-19,21-22H2,1H3,(H,30,33)/b17-15+/t25-,26+/m0/s1. The van der Waals surface area contributed by atoms with Crippen molar-refractivity contribution in [3.8, 4) is 0 Å². The zero-order valence-corrected chi connectivity index (χ0v) is 22.7. The van der Waals surface area contributed by atoms with E-state index >= 15 is 0 Å². The van der Waals surface area contributed by atoms with Gasteiger partial charge >= 0.3 is 0 Å². The fourth-order valence-corrected chi connectivity index (χ4v) is 5.64. The zero-order chi connectivity index (χ0) is 27.4. The molecule has 0 radical (unpaired) electrons. The molecule has 2 amide bonds. The molecule has 0 saturated carbocycles. The van der Waals surface area contributed by atoms with E-state index in [4.69, 9.17) is 4.74 Å². The van der Waals surface area contributed by atoms with Crippen LogP contribution in [-0.2, 0) is 37.4 Å². The average molecular weight is 543 g/mol. The lowest BCUT2D eigenvalue weighted by molar-refractivity contribution is -0.128. The molecular weight excluding hydrogens is 504 g/mol. The molecule has 9 heteroatoms. The van der Waals surface area contributed by atoms with Gasteiger partial charge in [-0.05, 0) is 42.5 Å². The van der Waals surface area contributed by atoms with Crippen LogP contribution >= 0.6 is 0 Å². The first-order valence-electron chi connectivity index (χ1n) is 13.1. The number of likely N-dealkylation sites (tertiary alicyclic amines) is 1. The van der Waals surface area contributed by atoms with Crippen molar-refractivity contribution in [1.29, 1.82) is 0 Å². The van der Waals surface area contributed by atoms with Gasteiger partial charge in [-0.2, -0.15) is 0 Å². The summed E-state index contributed by atoms with van der Waals surface area (Å²) in [6.45, 7) is 1.15. The van der Waals surface area contributed by atoms with Crippen molar-refractivity contribution in [2.24, 2.45) is 0 Å². The third-order valence-corrected chi connectivity index (χ3v) is 7.92. The molecule has 1 aliphatic heterocycles. The van der Waals surface area contributed by atoms with Gasteiger partial charge in [-0.3, -0.25) is 9.59 Å². The SMILES string of the molecule is COCc1cccc(C[C@H](O)/C=C/[C@H]2CCC(=O)N2CCCCCCC(=O)NS(=O)(=O)c2ccccc2)c1. The smallest absolute Gasteiger partial charge is 0.264 e. The lowest BCUT2D eigenvalue weighted by Gasteiger charge is -2.22. The van der Waals surface area contributed by atoms with E-state index in [1.165, 1.54) is 12.1 Å². The highest BCUT2D eigenvalue weighted by molar-refractivity contribution is 7.90. The molecule has 2 aromatic carbocycles. The maximum atomic E-state index is 12.4. The number of carbonyl (C=O) groups excluding carboxylic acids is 2. The Morgan fingerprint density at radius 1 is 1.11 bits per heavy atom. The lowest BCUT2D eigenvalue weighted by atomic mass is 10.0. The number of nitrogens with one attached hydrogen (secondary N) is 1. The largest absolute Gasteiger partial charge is 0.389 e. The van der Waals surface area contributed by atoms with Gasteiger partial charge < -0.3 is 14.7 Å². The lowest BCUT2D eigenvalue weighted by Crippen LogP contribution is -2.33. The third-order valence-electron chi connectivity index (χ3n) is 6.53. The number of methoxy groups -OCH3 is 1. The summed E-state index contributed by atoms with van der Waals surface area (Å²) in [7, 11) is -2.18. The number of aliphatic hydroxyl groups is 1. The number of rotatable bonds is 15. The van der Waals surface area contributed by atoms with Gasteiger partial charge in [0, 0.05) is 32.9 Å². The molecule has 1 saturated heterocycles. The average Bonchev–Trinajstić information content (AvgIpc) is 3.24. The predicted molar refractivity (Wildman–Crippen MR) is 146 cm³/mol. The minimum absolute atomic E-state index is 0.0223. The number of hydrogen-bond donors (Lipinski definition) is 2. The first-order chi connectivity index (χ1) is 18.3. The van der Waals surface area contributed by atoms with Gasteiger partial charge in [-0.25, -0.2) is 13.1 Å². The number of nitrogens with zero attached hydrogens (tertiary/aromatic N) is 1. The second-order valence-electron chi connectivity index (χ2n) is 9.61. The van der Waals surface area contributed by atoms with Crippen molar-refractivity contribution in [2.45, 2.75) is 75.0 Å². The molecule has 1 fully saturated rings. The van der Waals surface area contributed by atoms with E-state index < -0.39 is 22.0 Å². The van der Waals surface area contributed by atoms with Gasteiger partial charge in [0.25, 0.3) is 10.0 Å². The molecule has 0 bridgehead atoms. The van der Waals surface area contributed by atoms with E-state index in [1.807, 2.05) is 35.2 Å². The fourth-order valence-electron chi connectivity index (χ4n) is 4.61. The number of carbonyl (C=O) groups is 2. The second-order valence-corrected chi connectivity index (χ2v) is 11.3. The Morgan fingerprint density at radius 3 is 2.61 bits per heavy atom. The van der Waals surface area contributed by atoms with Crippen LogP contribution in [-0.4, -0.2) is 56.0 Å². The molecule has 206 valence electrons. The summed E-state index contributed by atoms with van der Waals surface area (Å²) in [6, 6.07) is 15.7. The number of amides is 2. The van der Waals surface area contributed by atoms with Gasteiger partial charge in [-0.1, -0.05) is 67.5 Å². The molecule has 1 aliphatic rings. The van der Waals surface area contributed by atoms with Gasteiger partial charge in [0.15, 0.2) is 0 Å². The summed E-state index contributed by atoms with van der Waals surface area (Å²) >= 11 is 0. The van der Waals surface area contributed by atoms with Crippen LogP contribution in [0, 0.1) is 0 Å². The maximum absolute atomic E-state index is 12.4. The van der Waals surface area contributed by atoms with Crippen LogP contribution in [0.15, 0.2) is 71.6 Å². The third kappa shape index (κ3) is 9.38. The van der Waals surface area contributed by atoms with Crippen LogP contribution in [0.5, 0.6) is 0 Å². The topological polar surface area (TPSA) is 113 Å². The minimum atomic E-state index is -3.84. The van der Waals surface area contributed by atoms with Gasteiger partial charge in [0.1, 0.15) is 0 Å². The Hall–Kier alpha value is -3.01. The normalized spacial score (nSPS) is 16.7. The Bertz CT molecular complexity index is 1180. The van der Waals surface area contributed by atoms with Crippen LogP contribution in [0.25, 0.3) is 0 Å². The van der Waals surface area contributed by atoms with Gasteiger partial charge in [0.05, 0.1) is 23.6 Å². The highest BCUT2D eigenvalue weighted by Gasteiger charge is 2.28. The van der Waals surface area contributed by atoms with Crippen molar-refractivity contribution < 1.29 is 27.9 Å². The van der Waals surface area contributed by atoms with E-state index in [1.54, 1.807) is 31.4 Å². The molecule has 2 aromatic rings. The van der Waals surface area contributed by atoms with Crippen molar-refractivity contribution in [3.63, 3.8) is 0 Å². The molecule has 1 heterocycles. The van der Waals surface area contributed by atoms with Gasteiger partial charge in [-0.15, -0.1) is 0 Å². The predicted octanol–water partition coefficient (Wildman–Crippen LogP) is 3.74. The summed E-state index contributed by atoms with van der Waals surface area (Å²) in [4.78, 5) is 26.4. The van der Waals surface area contributed by atoms with Crippen LogP contribution < -0.4 is 4.72 Å². The van der Waals surface area contributed by atoms with Crippen molar-refractivity contribution in [3.05, 3.63) is 77.9 Å². The number of hydrogen-bond acceptors (Lipinski definition) is 6. The zero-order valence-electron chi connectivity index (χ0n) is 21.9. The monoisotopic (exact) mass is 542 g/mol. The number of aliphatic hydroxyl groups excluding tert-OH is 1. The molecule has 3 rings (SSSR count). The molecule has 0 spiro atoms. The quantitative estimate of drug-likeness (QED) is 0.262. The summed E-state index contributed by atoms with van der Waals surface area (Å²) < 4.78 is 31.7. The molecule has 0 aliphatic carbocycles. The highest BCUT2D eigenvalue weighted by atomic mass is 32.2. The number of sulfonamides is 1. The summed E-state index contributed by atoms with van der Waals surface area (Å²) in [6.07, 6.45) is 7.92. The van der Waals surface area contributed by atoms with Crippen LogP contribution in [0.4, 0.5) is 0 Å². The van der Waals surface area contributed by atoms with Crippen molar-refractivity contribution in [1.82, 2.24) is 9.62 Å². The van der Waals surface area contributed by atoms with Crippen molar-refractivity contribution >= 4 is 21.8 Å².